The molecular formula is C27H24ClFN4O4S. The van der Waals surface area contributed by atoms with Crippen molar-refractivity contribution in [3.63, 3.8) is 0 Å². The molecule has 1 aromatic heterocycles. The summed E-state index contributed by atoms with van der Waals surface area (Å²) in [4.78, 5) is 17.6. The molecule has 1 heterocycles. The van der Waals surface area contributed by atoms with Gasteiger partial charge in [0.15, 0.2) is 0 Å². The number of amides is 1. The summed E-state index contributed by atoms with van der Waals surface area (Å²) in [5.41, 5.74) is 1.83. The summed E-state index contributed by atoms with van der Waals surface area (Å²) in [7, 11) is -2.45. The predicted molar refractivity (Wildman–Crippen MR) is 145 cm³/mol. The number of benzene rings is 3. The summed E-state index contributed by atoms with van der Waals surface area (Å²) in [5.74, 6) is -0.235. The molecule has 0 aliphatic rings. The Labute approximate surface area is 225 Å². The Balaban J connectivity index is 1.64. The topological polar surface area (TPSA) is 93.5 Å². The van der Waals surface area contributed by atoms with Crippen LogP contribution in [0.2, 0.25) is 5.02 Å². The third-order valence-electron chi connectivity index (χ3n) is 5.55. The Kier molecular flexibility index (Phi) is 8.26. The van der Waals surface area contributed by atoms with E-state index >= 15 is 0 Å². The van der Waals surface area contributed by atoms with E-state index in [0.29, 0.717) is 22.2 Å². The van der Waals surface area contributed by atoms with Crippen LogP contribution in [0.5, 0.6) is 5.75 Å². The number of anilines is 1. The smallest absolute Gasteiger partial charge is 0.243 e. The van der Waals surface area contributed by atoms with Gasteiger partial charge in [-0.3, -0.25) is 14.7 Å². The molecule has 4 rings (SSSR count). The van der Waals surface area contributed by atoms with E-state index in [0.717, 1.165) is 9.87 Å². The van der Waals surface area contributed by atoms with Gasteiger partial charge < -0.3 is 4.74 Å². The van der Waals surface area contributed by atoms with Crippen LogP contribution in [0.3, 0.4) is 0 Å². The molecule has 0 radical (unpaired) electrons. The number of nitrogens with one attached hydrogen (secondary N) is 1. The molecule has 4 aromatic rings. The predicted octanol–water partition coefficient (Wildman–Crippen LogP) is 5.16. The number of aromatic nitrogens is 2. The van der Waals surface area contributed by atoms with Gasteiger partial charge in [0.05, 0.1) is 24.2 Å². The minimum absolute atomic E-state index is 0.00819. The van der Waals surface area contributed by atoms with Gasteiger partial charge in [-0.25, -0.2) is 17.8 Å². The highest BCUT2D eigenvalue weighted by Gasteiger charge is 2.26. The molecule has 0 fully saturated rings. The van der Waals surface area contributed by atoms with Gasteiger partial charge in [0.25, 0.3) is 0 Å². The van der Waals surface area contributed by atoms with E-state index in [2.05, 4.69) is 16.9 Å². The van der Waals surface area contributed by atoms with Crippen molar-refractivity contribution in [2.24, 2.45) is 0 Å². The fourth-order valence-electron chi connectivity index (χ4n) is 3.64. The number of ether oxygens (including phenoxy) is 1. The SMILES string of the molecule is C=CCN(CC(=O)Nc1nc(-c2ccc(OC)cc2)cn1-c1ccc(F)cc1)S(=O)(=O)c1ccc(Cl)cc1. The van der Waals surface area contributed by atoms with E-state index in [1.54, 1.807) is 42.1 Å². The van der Waals surface area contributed by atoms with Crippen LogP contribution in [-0.4, -0.2) is 48.4 Å². The number of halogens is 2. The zero-order valence-corrected chi connectivity index (χ0v) is 21.9. The van der Waals surface area contributed by atoms with Crippen molar-refractivity contribution >= 4 is 33.5 Å². The lowest BCUT2D eigenvalue weighted by Crippen LogP contribution is -2.38. The molecule has 196 valence electrons. The fourth-order valence-corrected chi connectivity index (χ4v) is 5.13. The quantitative estimate of drug-likeness (QED) is 0.273. The summed E-state index contributed by atoms with van der Waals surface area (Å²) in [6.45, 7) is 3.02. The van der Waals surface area contributed by atoms with Gasteiger partial charge in [0.1, 0.15) is 11.6 Å². The highest BCUT2D eigenvalue weighted by atomic mass is 35.5. The minimum atomic E-state index is -4.02. The van der Waals surface area contributed by atoms with Crippen LogP contribution in [0.25, 0.3) is 16.9 Å². The Morgan fingerprint density at radius 2 is 1.76 bits per heavy atom. The standard InChI is InChI=1S/C27H24ClFN4O4S/c1-3-16-32(38(35,36)24-14-6-20(28)7-15-24)18-26(34)31-27-30-25(19-4-12-23(37-2)13-5-19)17-33(27)22-10-8-21(29)9-11-22/h3-15,17H,1,16,18H2,2H3,(H,30,31,34). The summed E-state index contributed by atoms with van der Waals surface area (Å²) in [6, 6.07) is 18.5. The molecule has 0 bridgehead atoms. The normalized spacial score (nSPS) is 11.4. The molecule has 0 atom stereocenters. The van der Waals surface area contributed by atoms with Crippen LogP contribution in [0.15, 0.2) is 96.5 Å². The van der Waals surface area contributed by atoms with Crippen LogP contribution in [0.1, 0.15) is 0 Å². The molecule has 0 saturated carbocycles. The number of nitrogens with zero attached hydrogens (tertiary/aromatic N) is 3. The molecule has 0 spiro atoms. The maximum absolute atomic E-state index is 13.6. The number of carbonyl (C=O) groups is 1. The second-order valence-corrected chi connectivity index (χ2v) is 10.5. The number of sulfonamides is 1. The monoisotopic (exact) mass is 554 g/mol. The number of hydrogen-bond donors (Lipinski definition) is 1. The van der Waals surface area contributed by atoms with E-state index in [-0.39, 0.29) is 17.4 Å². The van der Waals surface area contributed by atoms with Crippen molar-refractivity contribution < 1.29 is 22.3 Å². The fraction of sp³-hybridized carbons (Fsp3) is 0.111. The van der Waals surface area contributed by atoms with Crippen LogP contribution in [0.4, 0.5) is 10.3 Å². The highest BCUT2D eigenvalue weighted by Crippen LogP contribution is 2.26. The lowest BCUT2D eigenvalue weighted by Gasteiger charge is -2.20. The second kappa shape index (κ2) is 11.6. The first-order valence-electron chi connectivity index (χ1n) is 11.4. The van der Waals surface area contributed by atoms with Gasteiger partial charge in [-0.05, 0) is 72.8 Å². The average Bonchev–Trinajstić information content (AvgIpc) is 3.32. The van der Waals surface area contributed by atoms with Gasteiger partial charge >= 0.3 is 0 Å². The average molecular weight is 555 g/mol. The molecule has 38 heavy (non-hydrogen) atoms. The molecule has 8 nitrogen and oxygen atoms in total. The Morgan fingerprint density at radius 1 is 1.11 bits per heavy atom. The number of imidazole rings is 1. The van der Waals surface area contributed by atoms with Gasteiger partial charge in [0.2, 0.25) is 21.9 Å². The highest BCUT2D eigenvalue weighted by molar-refractivity contribution is 7.89. The lowest BCUT2D eigenvalue weighted by molar-refractivity contribution is -0.116. The molecular weight excluding hydrogens is 531 g/mol. The number of hydrogen-bond acceptors (Lipinski definition) is 5. The molecule has 3 aromatic carbocycles. The first-order chi connectivity index (χ1) is 18.2. The first-order valence-corrected chi connectivity index (χ1v) is 13.2. The van der Waals surface area contributed by atoms with Crippen LogP contribution in [-0.2, 0) is 14.8 Å². The van der Waals surface area contributed by atoms with E-state index in [1.807, 2.05) is 12.1 Å². The van der Waals surface area contributed by atoms with E-state index in [4.69, 9.17) is 16.3 Å². The molecule has 0 aliphatic carbocycles. The van der Waals surface area contributed by atoms with Crippen molar-refractivity contribution in [1.29, 1.82) is 0 Å². The Hall–Kier alpha value is -3.99. The zero-order chi connectivity index (χ0) is 27.3. The molecule has 1 N–H and O–H groups in total. The molecule has 11 heteroatoms. The van der Waals surface area contributed by atoms with E-state index in [1.165, 1.54) is 42.5 Å². The minimum Gasteiger partial charge on any atom is -0.497 e. The van der Waals surface area contributed by atoms with E-state index in [9.17, 15) is 17.6 Å². The third-order valence-corrected chi connectivity index (χ3v) is 7.63. The number of methoxy groups -OCH3 is 1. The molecule has 0 aliphatic heterocycles. The van der Waals surface area contributed by atoms with Crippen molar-refractivity contribution in [2.75, 3.05) is 25.5 Å². The Morgan fingerprint density at radius 3 is 2.37 bits per heavy atom. The summed E-state index contributed by atoms with van der Waals surface area (Å²) >= 11 is 5.89. The van der Waals surface area contributed by atoms with Gasteiger partial charge in [0, 0.05) is 29.0 Å². The first kappa shape index (κ1) is 27.1. The van der Waals surface area contributed by atoms with E-state index < -0.39 is 28.3 Å². The third kappa shape index (κ3) is 6.10. The van der Waals surface area contributed by atoms with Crippen LogP contribution >= 0.6 is 11.6 Å². The molecule has 0 unspecified atom stereocenters. The summed E-state index contributed by atoms with van der Waals surface area (Å²) < 4.78 is 47.7. The maximum Gasteiger partial charge on any atom is 0.243 e. The molecule has 1 amide bonds. The maximum atomic E-state index is 13.6. The largest absolute Gasteiger partial charge is 0.497 e. The van der Waals surface area contributed by atoms with Crippen molar-refractivity contribution in [2.45, 2.75) is 4.90 Å². The zero-order valence-electron chi connectivity index (χ0n) is 20.3. The molecule has 0 saturated heterocycles. The van der Waals surface area contributed by atoms with Crippen molar-refractivity contribution in [1.82, 2.24) is 13.9 Å². The van der Waals surface area contributed by atoms with Crippen LogP contribution in [0, 0.1) is 5.82 Å². The van der Waals surface area contributed by atoms with Crippen molar-refractivity contribution in [3.8, 4) is 22.7 Å². The van der Waals surface area contributed by atoms with Gasteiger partial charge in [-0.15, -0.1) is 6.58 Å². The number of rotatable bonds is 10. The lowest BCUT2D eigenvalue weighted by atomic mass is 10.1. The summed E-state index contributed by atoms with van der Waals surface area (Å²) in [5, 5.41) is 3.08. The van der Waals surface area contributed by atoms with Gasteiger partial charge in [-0.1, -0.05) is 17.7 Å². The number of carbonyl (C=O) groups excluding carboxylic acids is 1. The van der Waals surface area contributed by atoms with Crippen LogP contribution < -0.4 is 10.1 Å². The van der Waals surface area contributed by atoms with Gasteiger partial charge in [-0.2, -0.15) is 4.31 Å². The second-order valence-electron chi connectivity index (χ2n) is 8.11. The Bertz CT molecular complexity index is 1540. The summed E-state index contributed by atoms with van der Waals surface area (Å²) in [6.07, 6.45) is 3.08. The van der Waals surface area contributed by atoms with Crippen molar-refractivity contribution in [3.05, 3.63) is 102 Å².